The van der Waals surface area contributed by atoms with E-state index in [0.717, 1.165) is 30.3 Å². The van der Waals surface area contributed by atoms with Crippen LogP contribution in [0.3, 0.4) is 0 Å². The standard InChI is InChI=1S/C17H27FN2O/c1-20(13-14-6-3-4-7-14)17-9-5-8-16(18)15(17)12-19-10-11-21-2/h5,8-9,14,19H,3-4,6-7,10-13H2,1-2H3. The van der Waals surface area contributed by atoms with Crippen molar-refractivity contribution in [2.24, 2.45) is 5.92 Å². The third kappa shape index (κ3) is 4.68. The van der Waals surface area contributed by atoms with Crippen molar-refractivity contribution in [2.45, 2.75) is 32.2 Å². The fraction of sp³-hybridized carbons (Fsp3) is 0.647. The van der Waals surface area contributed by atoms with E-state index < -0.39 is 0 Å². The van der Waals surface area contributed by atoms with Crippen LogP contribution in [0.5, 0.6) is 0 Å². The van der Waals surface area contributed by atoms with Gasteiger partial charge in [0, 0.05) is 45.0 Å². The molecule has 0 spiro atoms. The summed E-state index contributed by atoms with van der Waals surface area (Å²) < 4.78 is 19.1. The third-order valence-corrected chi connectivity index (χ3v) is 4.30. The Labute approximate surface area is 127 Å². The molecule has 0 atom stereocenters. The van der Waals surface area contributed by atoms with Crippen molar-refractivity contribution >= 4 is 5.69 Å². The summed E-state index contributed by atoms with van der Waals surface area (Å²) in [6.45, 7) is 2.94. The summed E-state index contributed by atoms with van der Waals surface area (Å²) in [6, 6.07) is 5.36. The Morgan fingerprint density at radius 3 is 2.81 bits per heavy atom. The van der Waals surface area contributed by atoms with Crippen LogP contribution in [0.4, 0.5) is 10.1 Å². The van der Waals surface area contributed by atoms with Gasteiger partial charge >= 0.3 is 0 Å². The van der Waals surface area contributed by atoms with E-state index in [-0.39, 0.29) is 5.82 Å². The number of benzene rings is 1. The van der Waals surface area contributed by atoms with Crippen molar-refractivity contribution in [1.82, 2.24) is 5.32 Å². The van der Waals surface area contributed by atoms with Crippen LogP contribution in [0, 0.1) is 11.7 Å². The van der Waals surface area contributed by atoms with Gasteiger partial charge < -0.3 is 15.0 Å². The minimum Gasteiger partial charge on any atom is -0.383 e. The van der Waals surface area contributed by atoms with Gasteiger partial charge in [-0.2, -0.15) is 0 Å². The lowest BCUT2D eigenvalue weighted by atomic mass is 10.1. The molecule has 0 amide bonds. The molecule has 0 aliphatic heterocycles. The molecule has 1 saturated carbocycles. The summed E-state index contributed by atoms with van der Waals surface area (Å²) in [6.07, 6.45) is 5.29. The SMILES string of the molecule is COCCNCc1c(F)cccc1N(C)CC1CCCC1. The number of hydrogen-bond donors (Lipinski definition) is 1. The fourth-order valence-electron chi connectivity index (χ4n) is 3.15. The van der Waals surface area contributed by atoms with E-state index >= 15 is 0 Å². The first-order valence-corrected chi connectivity index (χ1v) is 7.90. The van der Waals surface area contributed by atoms with Crippen molar-refractivity contribution < 1.29 is 9.13 Å². The first kappa shape index (κ1) is 16.2. The van der Waals surface area contributed by atoms with E-state index in [4.69, 9.17) is 4.74 Å². The van der Waals surface area contributed by atoms with Crippen molar-refractivity contribution in [3.8, 4) is 0 Å². The summed E-state index contributed by atoms with van der Waals surface area (Å²) in [5.74, 6) is 0.628. The van der Waals surface area contributed by atoms with E-state index in [2.05, 4.69) is 17.3 Å². The Morgan fingerprint density at radius 1 is 1.33 bits per heavy atom. The highest BCUT2D eigenvalue weighted by Crippen LogP contribution is 2.29. The molecule has 1 N–H and O–H groups in total. The molecular weight excluding hydrogens is 267 g/mol. The maximum Gasteiger partial charge on any atom is 0.129 e. The summed E-state index contributed by atoms with van der Waals surface area (Å²) in [5.41, 5.74) is 1.76. The third-order valence-electron chi connectivity index (χ3n) is 4.30. The number of nitrogens with one attached hydrogen (secondary N) is 1. The van der Waals surface area contributed by atoms with Crippen molar-refractivity contribution in [3.63, 3.8) is 0 Å². The van der Waals surface area contributed by atoms with Crippen molar-refractivity contribution in [2.75, 3.05) is 38.8 Å². The second-order valence-electron chi connectivity index (χ2n) is 5.94. The van der Waals surface area contributed by atoms with Crippen LogP contribution < -0.4 is 10.2 Å². The largest absolute Gasteiger partial charge is 0.383 e. The van der Waals surface area contributed by atoms with Crippen LogP contribution in [0.2, 0.25) is 0 Å². The number of hydrogen-bond acceptors (Lipinski definition) is 3. The number of rotatable bonds is 8. The monoisotopic (exact) mass is 294 g/mol. The molecule has 0 heterocycles. The maximum absolute atomic E-state index is 14.1. The Morgan fingerprint density at radius 2 is 2.10 bits per heavy atom. The van der Waals surface area contributed by atoms with Crippen LogP contribution in [0.25, 0.3) is 0 Å². The van der Waals surface area contributed by atoms with Gasteiger partial charge in [-0.25, -0.2) is 4.39 Å². The number of nitrogens with zero attached hydrogens (tertiary/aromatic N) is 1. The molecule has 0 unspecified atom stereocenters. The number of methoxy groups -OCH3 is 1. The minimum atomic E-state index is -0.129. The predicted octanol–water partition coefficient (Wildman–Crippen LogP) is 3.19. The summed E-state index contributed by atoms with van der Waals surface area (Å²) in [4.78, 5) is 2.21. The molecule has 21 heavy (non-hydrogen) atoms. The van der Waals surface area contributed by atoms with Crippen LogP contribution >= 0.6 is 0 Å². The van der Waals surface area contributed by atoms with Crippen LogP contribution in [0.15, 0.2) is 18.2 Å². The van der Waals surface area contributed by atoms with Gasteiger partial charge in [-0.05, 0) is 30.9 Å². The highest BCUT2D eigenvalue weighted by molar-refractivity contribution is 5.53. The van der Waals surface area contributed by atoms with Crippen LogP contribution in [0.1, 0.15) is 31.2 Å². The molecule has 0 aromatic heterocycles. The van der Waals surface area contributed by atoms with Gasteiger partial charge in [0.15, 0.2) is 0 Å². The number of anilines is 1. The van der Waals surface area contributed by atoms with E-state index in [1.54, 1.807) is 19.2 Å². The van der Waals surface area contributed by atoms with Crippen molar-refractivity contribution in [3.05, 3.63) is 29.6 Å². The predicted molar refractivity (Wildman–Crippen MR) is 85.2 cm³/mol. The van der Waals surface area contributed by atoms with Gasteiger partial charge in [-0.3, -0.25) is 0 Å². The highest BCUT2D eigenvalue weighted by atomic mass is 19.1. The molecule has 1 fully saturated rings. The van der Waals surface area contributed by atoms with Gasteiger partial charge in [0.2, 0.25) is 0 Å². The molecule has 4 heteroatoms. The summed E-state index contributed by atoms with van der Waals surface area (Å²) in [5, 5.41) is 3.24. The Balaban J connectivity index is 2.00. The second kappa shape index (κ2) is 8.35. The molecule has 0 saturated heterocycles. The molecule has 1 aliphatic carbocycles. The summed E-state index contributed by atoms with van der Waals surface area (Å²) >= 11 is 0. The molecule has 0 bridgehead atoms. The van der Waals surface area contributed by atoms with Crippen LogP contribution in [-0.4, -0.2) is 33.9 Å². The van der Waals surface area contributed by atoms with E-state index in [1.165, 1.54) is 25.7 Å². The van der Waals surface area contributed by atoms with E-state index in [0.29, 0.717) is 13.2 Å². The zero-order valence-corrected chi connectivity index (χ0v) is 13.2. The average Bonchev–Trinajstić information content (AvgIpc) is 2.97. The smallest absolute Gasteiger partial charge is 0.129 e. The normalized spacial score (nSPS) is 15.6. The van der Waals surface area contributed by atoms with E-state index in [9.17, 15) is 4.39 Å². The van der Waals surface area contributed by atoms with Gasteiger partial charge in [0.05, 0.1) is 6.61 Å². The second-order valence-corrected chi connectivity index (χ2v) is 5.94. The molecule has 1 aromatic carbocycles. The Bertz CT molecular complexity index is 433. The highest BCUT2D eigenvalue weighted by Gasteiger charge is 2.19. The molecule has 3 nitrogen and oxygen atoms in total. The van der Waals surface area contributed by atoms with Gasteiger partial charge in [0.1, 0.15) is 5.82 Å². The Kier molecular flexibility index (Phi) is 6.46. The zero-order chi connectivity index (χ0) is 15.1. The molecular formula is C17H27FN2O. The zero-order valence-electron chi connectivity index (χ0n) is 13.2. The minimum absolute atomic E-state index is 0.129. The quantitative estimate of drug-likeness (QED) is 0.745. The average molecular weight is 294 g/mol. The molecule has 1 aliphatic rings. The topological polar surface area (TPSA) is 24.5 Å². The Hall–Kier alpha value is -1.13. The van der Waals surface area contributed by atoms with Gasteiger partial charge in [-0.1, -0.05) is 18.9 Å². The first-order chi connectivity index (χ1) is 10.2. The fourth-order valence-corrected chi connectivity index (χ4v) is 3.15. The van der Waals surface area contributed by atoms with Crippen LogP contribution in [-0.2, 0) is 11.3 Å². The van der Waals surface area contributed by atoms with Gasteiger partial charge in [-0.15, -0.1) is 0 Å². The van der Waals surface area contributed by atoms with E-state index in [1.807, 2.05) is 6.07 Å². The molecule has 2 rings (SSSR count). The molecule has 118 valence electrons. The lowest BCUT2D eigenvalue weighted by Crippen LogP contribution is -2.27. The molecule has 0 radical (unpaired) electrons. The van der Waals surface area contributed by atoms with Gasteiger partial charge in [0.25, 0.3) is 0 Å². The van der Waals surface area contributed by atoms with Crippen molar-refractivity contribution in [1.29, 1.82) is 0 Å². The summed E-state index contributed by atoms with van der Waals surface area (Å²) in [7, 11) is 3.75. The number of halogens is 1. The lowest BCUT2D eigenvalue weighted by molar-refractivity contribution is 0.199. The lowest BCUT2D eigenvalue weighted by Gasteiger charge is -2.26. The molecule has 1 aromatic rings. The maximum atomic E-state index is 14.1. The number of ether oxygens (including phenoxy) is 1. The first-order valence-electron chi connectivity index (χ1n) is 7.90.